The van der Waals surface area contributed by atoms with Crippen molar-refractivity contribution >= 4 is 39.1 Å². The zero-order valence-corrected chi connectivity index (χ0v) is 13.5. The van der Waals surface area contributed by atoms with Gasteiger partial charge < -0.3 is 4.74 Å². The molecule has 0 bridgehead atoms. The molecule has 0 radical (unpaired) electrons. The molecule has 0 aliphatic carbocycles. The first-order valence-electron chi connectivity index (χ1n) is 5.99. The van der Waals surface area contributed by atoms with Gasteiger partial charge in [-0.2, -0.15) is 8.42 Å². The van der Waals surface area contributed by atoms with E-state index >= 15 is 0 Å². The fraction of sp³-hybridized carbons (Fsp3) is 0.0769. The van der Waals surface area contributed by atoms with Gasteiger partial charge >= 0.3 is 10.2 Å². The molecule has 0 saturated carbocycles. The average Bonchev–Trinajstić information content (AvgIpc) is 2.44. The van der Waals surface area contributed by atoms with E-state index in [1.54, 1.807) is 0 Å². The van der Waals surface area contributed by atoms with Gasteiger partial charge in [0.1, 0.15) is 17.3 Å². The molecule has 0 atom stereocenters. The summed E-state index contributed by atoms with van der Waals surface area (Å²) in [6, 6.07) is 7.52. The van der Waals surface area contributed by atoms with Crippen molar-refractivity contribution in [1.29, 1.82) is 0 Å². The van der Waals surface area contributed by atoms with Gasteiger partial charge in [0.05, 0.1) is 15.0 Å². The lowest BCUT2D eigenvalue weighted by Gasteiger charge is -2.11. The van der Waals surface area contributed by atoms with Crippen molar-refractivity contribution in [3.05, 3.63) is 62.1 Å². The maximum atomic E-state index is 13.3. The van der Waals surface area contributed by atoms with E-state index in [9.17, 15) is 22.4 Å². The Morgan fingerprint density at radius 2 is 1.87 bits per heavy atom. The number of nitro groups is 1. The molecule has 10 heteroatoms. The fourth-order valence-electron chi connectivity index (χ4n) is 1.82. The van der Waals surface area contributed by atoms with Crippen LogP contribution in [-0.2, 0) is 16.8 Å². The van der Waals surface area contributed by atoms with Gasteiger partial charge in [-0.1, -0.05) is 35.3 Å². The number of hydrogen-bond acceptors (Lipinski definition) is 5. The molecule has 6 nitrogen and oxygen atoms in total. The molecule has 2 rings (SSSR count). The highest BCUT2D eigenvalue weighted by atomic mass is 35.5. The first kappa shape index (κ1) is 17.5. The van der Waals surface area contributed by atoms with Crippen LogP contribution in [-0.4, -0.2) is 13.3 Å². The second-order valence-corrected chi connectivity index (χ2v) is 6.42. The van der Waals surface area contributed by atoms with Crippen LogP contribution in [0.5, 0.6) is 5.75 Å². The first-order valence-corrected chi connectivity index (χ1v) is 8.13. The minimum atomic E-state index is -5.03. The van der Waals surface area contributed by atoms with Gasteiger partial charge in [-0.3, -0.25) is 10.1 Å². The summed E-state index contributed by atoms with van der Waals surface area (Å²) < 4.78 is 41.0. The highest BCUT2D eigenvalue weighted by molar-refractivity contribution is 7.86. The average molecular weight is 380 g/mol. The number of hydrogen-bond donors (Lipinski definition) is 0. The number of halogens is 3. The Hall–Kier alpha value is -1.90. The molecule has 2 aromatic rings. The summed E-state index contributed by atoms with van der Waals surface area (Å²) in [5, 5.41) is 10.3. The second-order valence-electron chi connectivity index (χ2n) is 4.33. The van der Waals surface area contributed by atoms with Crippen LogP contribution in [0.15, 0.2) is 41.3 Å². The Bertz CT molecular complexity index is 873. The number of benzene rings is 2. The molecule has 2 aromatic carbocycles. The quantitative estimate of drug-likeness (QED) is 0.442. The van der Waals surface area contributed by atoms with Gasteiger partial charge in [0.15, 0.2) is 0 Å². The van der Waals surface area contributed by atoms with Crippen molar-refractivity contribution in [2.45, 2.75) is 11.5 Å². The topological polar surface area (TPSA) is 86.5 Å². The summed E-state index contributed by atoms with van der Waals surface area (Å²) in [5.74, 6) is 0.0828. The van der Waals surface area contributed by atoms with E-state index in [-0.39, 0.29) is 33.7 Å². The molecular formula is C13H8Cl2FNO5S. The van der Waals surface area contributed by atoms with Crippen molar-refractivity contribution in [3.63, 3.8) is 0 Å². The number of ether oxygens (including phenoxy) is 1. The minimum absolute atomic E-state index is 0.00517. The molecule has 0 aliphatic rings. The van der Waals surface area contributed by atoms with Crippen LogP contribution in [0.3, 0.4) is 0 Å². The molecule has 0 aromatic heterocycles. The molecule has 0 saturated heterocycles. The van der Waals surface area contributed by atoms with Crippen LogP contribution >= 0.6 is 23.2 Å². The van der Waals surface area contributed by atoms with Crippen molar-refractivity contribution in [2.75, 3.05) is 0 Å². The molecular weight excluding hydrogens is 372 g/mol. The van der Waals surface area contributed by atoms with Gasteiger partial charge in [-0.25, -0.2) is 0 Å². The molecule has 0 unspecified atom stereocenters. The predicted octanol–water partition coefficient (Wildman–Crippen LogP) is 4.14. The summed E-state index contributed by atoms with van der Waals surface area (Å²) in [5.41, 5.74) is -0.230. The van der Waals surface area contributed by atoms with Crippen molar-refractivity contribution in [2.24, 2.45) is 0 Å². The smallest absolute Gasteiger partial charge is 0.333 e. The van der Waals surface area contributed by atoms with Gasteiger partial charge in [-0.15, -0.1) is 3.89 Å². The molecule has 0 aliphatic heterocycles. The van der Waals surface area contributed by atoms with Gasteiger partial charge in [0, 0.05) is 17.7 Å². The van der Waals surface area contributed by atoms with E-state index in [1.807, 2.05) is 0 Å². The van der Waals surface area contributed by atoms with Crippen molar-refractivity contribution < 1.29 is 22.0 Å². The predicted molar refractivity (Wildman–Crippen MR) is 82.2 cm³/mol. The summed E-state index contributed by atoms with van der Waals surface area (Å²) in [6.07, 6.45) is 0. The Morgan fingerprint density at radius 3 is 2.43 bits per heavy atom. The Labute approximate surface area is 140 Å². The Morgan fingerprint density at radius 1 is 1.17 bits per heavy atom. The SMILES string of the molecule is O=[N+]([O-])c1ccc(OCc2cccc(Cl)c2S(=O)(=O)F)c(Cl)c1. The first-order chi connectivity index (χ1) is 10.7. The molecule has 0 spiro atoms. The largest absolute Gasteiger partial charge is 0.487 e. The maximum absolute atomic E-state index is 13.3. The fourth-order valence-corrected chi connectivity index (χ4v) is 3.26. The lowest BCUT2D eigenvalue weighted by molar-refractivity contribution is -0.384. The summed E-state index contributed by atoms with van der Waals surface area (Å²) >= 11 is 11.6. The standard InChI is InChI=1S/C13H8Cl2FNO5S/c14-10-3-1-2-8(13(10)23(16,20)21)7-22-12-5-4-9(17(18)19)6-11(12)15/h1-6H,7H2. The lowest BCUT2D eigenvalue weighted by Crippen LogP contribution is -2.04. The Balaban J connectivity index is 2.29. The second kappa shape index (κ2) is 6.69. The van der Waals surface area contributed by atoms with Gasteiger partial charge in [-0.05, 0) is 12.1 Å². The molecule has 0 N–H and O–H groups in total. The van der Waals surface area contributed by atoms with Gasteiger partial charge in [0.25, 0.3) is 5.69 Å². The van der Waals surface area contributed by atoms with E-state index in [0.717, 1.165) is 6.07 Å². The normalized spacial score (nSPS) is 11.3. The lowest BCUT2D eigenvalue weighted by atomic mass is 10.2. The summed E-state index contributed by atoms with van der Waals surface area (Å²) in [7, 11) is -5.03. The number of nitrogens with zero attached hydrogens (tertiary/aromatic N) is 1. The van der Waals surface area contributed by atoms with Crippen LogP contribution in [0.2, 0.25) is 10.0 Å². The third kappa shape index (κ3) is 4.10. The van der Waals surface area contributed by atoms with E-state index in [2.05, 4.69) is 0 Å². The highest BCUT2D eigenvalue weighted by Crippen LogP contribution is 2.31. The van der Waals surface area contributed by atoms with Crippen molar-refractivity contribution in [3.8, 4) is 5.75 Å². The molecule has 23 heavy (non-hydrogen) atoms. The molecule has 0 fully saturated rings. The van der Waals surface area contributed by atoms with E-state index < -0.39 is 20.0 Å². The molecule has 0 heterocycles. The zero-order chi connectivity index (χ0) is 17.2. The molecule has 0 amide bonds. The Kier molecular flexibility index (Phi) is 5.08. The number of rotatable bonds is 5. The van der Waals surface area contributed by atoms with Crippen LogP contribution in [0.25, 0.3) is 0 Å². The van der Waals surface area contributed by atoms with Crippen LogP contribution in [0.4, 0.5) is 9.57 Å². The van der Waals surface area contributed by atoms with E-state index in [1.165, 1.54) is 30.3 Å². The van der Waals surface area contributed by atoms with Crippen LogP contribution < -0.4 is 4.74 Å². The van der Waals surface area contributed by atoms with Crippen LogP contribution in [0.1, 0.15) is 5.56 Å². The minimum Gasteiger partial charge on any atom is -0.487 e. The van der Waals surface area contributed by atoms with Crippen molar-refractivity contribution in [1.82, 2.24) is 0 Å². The van der Waals surface area contributed by atoms with E-state index in [4.69, 9.17) is 27.9 Å². The molecule has 122 valence electrons. The van der Waals surface area contributed by atoms with Crippen LogP contribution in [0, 0.1) is 10.1 Å². The number of nitro benzene ring substituents is 1. The summed E-state index contributed by atoms with van der Waals surface area (Å²) in [4.78, 5) is 9.31. The van der Waals surface area contributed by atoms with E-state index in [0.29, 0.717) is 0 Å². The summed E-state index contributed by atoms with van der Waals surface area (Å²) in [6.45, 7) is -0.337. The third-order valence-electron chi connectivity index (χ3n) is 2.80. The maximum Gasteiger partial charge on any atom is 0.333 e. The number of non-ortho nitro benzene ring substituents is 1. The monoisotopic (exact) mass is 379 g/mol. The van der Waals surface area contributed by atoms with Gasteiger partial charge in [0.2, 0.25) is 0 Å². The highest BCUT2D eigenvalue weighted by Gasteiger charge is 2.22. The third-order valence-corrected chi connectivity index (χ3v) is 4.49. The zero-order valence-electron chi connectivity index (χ0n) is 11.2.